The van der Waals surface area contributed by atoms with Crippen LogP contribution in [-0.4, -0.2) is 16.1 Å². The lowest BCUT2D eigenvalue weighted by Gasteiger charge is -2.18. The Morgan fingerprint density at radius 2 is 2.07 bits per heavy atom. The Labute approximate surface area is 96.3 Å². The molecule has 0 aliphatic rings. The molecule has 0 aliphatic carbocycles. The number of hydrogen-bond donors (Lipinski definition) is 2. The van der Waals surface area contributed by atoms with Crippen LogP contribution in [0.2, 0.25) is 0 Å². The molecule has 0 radical (unpaired) electrons. The Balaban J connectivity index is 2.49. The number of pyridine rings is 1. The maximum absolute atomic E-state index is 5.16. The van der Waals surface area contributed by atoms with E-state index in [0.717, 1.165) is 5.56 Å². The summed E-state index contributed by atoms with van der Waals surface area (Å²) in [6.45, 7) is 6.18. The van der Waals surface area contributed by atoms with Crippen LogP contribution in [0, 0.1) is 0 Å². The lowest BCUT2D eigenvalue weighted by Crippen LogP contribution is -2.40. The first kappa shape index (κ1) is 11.9. The highest BCUT2D eigenvalue weighted by Crippen LogP contribution is 2.09. The average Bonchev–Trinajstić information content (AvgIpc) is 2.17. The minimum Gasteiger partial charge on any atom is -0.361 e. The van der Waals surface area contributed by atoms with Crippen molar-refractivity contribution in [3.05, 3.63) is 30.1 Å². The molecule has 1 unspecified atom stereocenters. The molecule has 1 rings (SSSR count). The zero-order valence-corrected chi connectivity index (χ0v) is 10.1. The summed E-state index contributed by atoms with van der Waals surface area (Å²) in [7, 11) is 0. The number of rotatable bonds is 3. The summed E-state index contributed by atoms with van der Waals surface area (Å²) in [4.78, 5) is 4.07. The zero-order chi connectivity index (χ0) is 11.3. The number of nitrogens with zero attached hydrogens (tertiary/aromatic N) is 1. The summed E-state index contributed by atoms with van der Waals surface area (Å²) in [5.41, 5.74) is 1.13. The van der Waals surface area contributed by atoms with Crippen molar-refractivity contribution in [1.29, 1.82) is 0 Å². The van der Waals surface area contributed by atoms with E-state index >= 15 is 0 Å². The van der Waals surface area contributed by atoms with Gasteiger partial charge in [-0.3, -0.25) is 4.98 Å². The molecule has 1 heterocycles. The van der Waals surface area contributed by atoms with Gasteiger partial charge in [0.05, 0.1) is 6.04 Å². The van der Waals surface area contributed by atoms with E-state index in [2.05, 4.69) is 36.4 Å². The van der Waals surface area contributed by atoms with E-state index in [0.29, 0.717) is 11.2 Å². The van der Waals surface area contributed by atoms with Crippen LogP contribution >= 0.6 is 12.2 Å². The Morgan fingerprint density at radius 1 is 1.33 bits per heavy atom. The van der Waals surface area contributed by atoms with Gasteiger partial charge in [0.25, 0.3) is 0 Å². The molecule has 82 valence electrons. The van der Waals surface area contributed by atoms with Crippen molar-refractivity contribution >= 4 is 17.3 Å². The highest BCUT2D eigenvalue weighted by Gasteiger charge is 2.06. The van der Waals surface area contributed by atoms with Gasteiger partial charge in [0.2, 0.25) is 0 Å². The monoisotopic (exact) mass is 223 g/mol. The van der Waals surface area contributed by atoms with Gasteiger partial charge in [-0.25, -0.2) is 0 Å². The molecule has 0 aromatic carbocycles. The fourth-order valence-corrected chi connectivity index (χ4v) is 1.63. The van der Waals surface area contributed by atoms with Crippen molar-refractivity contribution in [3.8, 4) is 0 Å². The predicted octanol–water partition coefficient (Wildman–Crippen LogP) is 2.02. The molecule has 0 spiro atoms. The molecule has 0 saturated heterocycles. The van der Waals surface area contributed by atoms with E-state index in [1.807, 2.05) is 18.3 Å². The first-order valence-electron chi connectivity index (χ1n) is 5.06. The summed E-state index contributed by atoms with van der Waals surface area (Å²) >= 11 is 5.16. The van der Waals surface area contributed by atoms with Crippen LogP contribution in [0.3, 0.4) is 0 Å². The lowest BCUT2D eigenvalue weighted by atomic mass is 10.1. The maximum atomic E-state index is 5.16. The van der Waals surface area contributed by atoms with Crippen LogP contribution in [0.1, 0.15) is 32.4 Å². The van der Waals surface area contributed by atoms with Crippen molar-refractivity contribution < 1.29 is 0 Å². The fourth-order valence-electron chi connectivity index (χ4n) is 1.22. The quantitative estimate of drug-likeness (QED) is 0.769. The molecule has 0 saturated carbocycles. The molecular weight excluding hydrogens is 206 g/mol. The molecule has 0 fully saturated rings. The van der Waals surface area contributed by atoms with Crippen LogP contribution in [0.15, 0.2) is 24.5 Å². The van der Waals surface area contributed by atoms with Crippen molar-refractivity contribution in [3.63, 3.8) is 0 Å². The van der Waals surface area contributed by atoms with E-state index in [-0.39, 0.29) is 6.04 Å². The van der Waals surface area contributed by atoms with Crippen molar-refractivity contribution in [2.45, 2.75) is 32.9 Å². The summed E-state index contributed by atoms with van der Waals surface area (Å²) in [6.07, 6.45) is 3.61. The summed E-state index contributed by atoms with van der Waals surface area (Å²) < 4.78 is 0. The van der Waals surface area contributed by atoms with E-state index in [9.17, 15) is 0 Å². The van der Waals surface area contributed by atoms with Crippen LogP contribution in [0.4, 0.5) is 0 Å². The topological polar surface area (TPSA) is 37.0 Å². The number of thiocarbonyl (C=S) groups is 1. The van der Waals surface area contributed by atoms with E-state index < -0.39 is 0 Å². The Hall–Kier alpha value is -1.16. The van der Waals surface area contributed by atoms with Gasteiger partial charge in [-0.1, -0.05) is 6.07 Å². The SMILES string of the molecule is CC(C)NC(=S)NC(C)c1cccnc1. The van der Waals surface area contributed by atoms with Gasteiger partial charge in [-0.05, 0) is 44.6 Å². The van der Waals surface area contributed by atoms with E-state index in [4.69, 9.17) is 12.2 Å². The molecular formula is C11H17N3S. The molecule has 4 heteroatoms. The Bertz CT molecular complexity index is 311. The number of nitrogens with one attached hydrogen (secondary N) is 2. The van der Waals surface area contributed by atoms with Crippen LogP contribution in [0.5, 0.6) is 0 Å². The highest BCUT2D eigenvalue weighted by atomic mass is 32.1. The summed E-state index contributed by atoms with van der Waals surface area (Å²) in [5, 5.41) is 7.03. The smallest absolute Gasteiger partial charge is 0.166 e. The molecule has 2 N–H and O–H groups in total. The van der Waals surface area contributed by atoms with Gasteiger partial charge in [-0.15, -0.1) is 0 Å². The number of hydrogen-bond acceptors (Lipinski definition) is 2. The van der Waals surface area contributed by atoms with Crippen molar-refractivity contribution in [2.24, 2.45) is 0 Å². The molecule has 0 amide bonds. The van der Waals surface area contributed by atoms with Gasteiger partial charge >= 0.3 is 0 Å². The first-order chi connectivity index (χ1) is 7.09. The minimum absolute atomic E-state index is 0.178. The minimum atomic E-state index is 0.178. The van der Waals surface area contributed by atoms with Crippen LogP contribution < -0.4 is 10.6 Å². The van der Waals surface area contributed by atoms with Gasteiger partial charge in [0, 0.05) is 18.4 Å². The predicted molar refractivity (Wildman–Crippen MR) is 66.7 cm³/mol. The van der Waals surface area contributed by atoms with Gasteiger partial charge in [0.1, 0.15) is 0 Å². The summed E-state index contributed by atoms with van der Waals surface area (Å²) in [6, 6.07) is 4.48. The van der Waals surface area contributed by atoms with Gasteiger partial charge in [0.15, 0.2) is 5.11 Å². The zero-order valence-electron chi connectivity index (χ0n) is 9.32. The fraction of sp³-hybridized carbons (Fsp3) is 0.455. The second-order valence-electron chi connectivity index (χ2n) is 3.78. The third kappa shape index (κ3) is 4.25. The Morgan fingerprint density at radius 3 is 2.60 bits per heavy atom. The highest BCUT2D eigenvalue weighted by molar-refractivity contribution is 7.80. The van der Waals surface area contributed by atoms with Crippen molar-refractivity contribution in [2.75, 3.05) is 0 Å². The van der Waals surface area contributed by atoms with E-state index in [1.54, 1.807) is 6.20 Å². The molecule has 1 atom stereocenters. The second-order valence-corrected chi connectivity index (χ2v) is 4.19. The standard InChI is InChI=1S/C11H17N3S/c1-8(2)13-11(15)14-9(3)10-5-4-6-12-7-10/h4-9H,1-3H3,(H2,13,14,15). The Kier molecular flexibility index (Phi) is 4.49. The summed E-state index contributed by atoms with van der Waals surface area (Å²) in [5.74, 6) is 0. The normalized spacial score (nSPS) is 12.3. The molecule has 3 nitrogen and oxygen atoms in total. The average molecular weight is 223 g/mol. The van der Waals surface area contributed by atoms with Crippen LogP contribution in [-0.2, 0) is 0 Å². The van der Waals surface area contributed by atoms with Gasteiger partial charge < -0.3 is 10.6 Å². The first-order valence-corrected chi connectivity index (χ1v) is 5.47. The number of aromatic nitrogens is 1. The maximum Gasteiger partial charge on any atom is 0.166 e. The lowest BCUT2D eigenvalue weighted by molar-refractivity contribution is 0.662. The van der Waals surface area contributed by atoms with Crippen molar-refractivity contribution in [1.82, 2.24) is 15.6 Å². The van der Waals surface area contributed by atoms with Gasteiger partial charge in [-0.2, -0.15) is 0 Å². The third-order valence-corrected chi connectivity index (χ3v) is 2.19. The molecule has 1 aromatic rings. The third-order valence-electron chi connectivity index (χ3n) is 1.95. The van der Waals surface area contributed by atoms with Crippen LogP contribution in [0.25, 0.3) is 0 Å². The second kappa shape index (κ2) is 5.66. The molecule has 15 heavy (non-hydrogen) atoms. The molecule has 0 bridgehead atoms. The largest absolute Gasteiger partial charge is 0.361 e. The molecule has 0 aliphatic heterocycles. The molecule has 1 aromatic heterocycles. The van der Waals surface area contributed by atoms with E-state index in [1.165, 1.54) is 0 Å².